The molecule has 1 aromatic heterocycles. The second kappa shape index (κ2) is 6.19. The molecular weight excluding hydrogens is 284 g/mol. The Bertz CT molecular complexity index is 694. The van der Waals surface area contributed by atoms with Crippen LogP contribution < -0.4 is 0 Å². The number of H-pyrrole nitrogens is 1. The Morgan fingerprint density at radius 2 is 2.23 bits per heavy atom. The largest absolute Gasteiger partial charge is 0.452 e. The number of esters is 1. The maximum absolute atomic E-state index is 12.1. The quantitative estimate of drug-likeness (QED) is 0.874. The zero-order valence-corrected chi connectivity index (χ0v) is 12.4. The van der Waals surface area contributed by atoms with Crippen molar-refractivity contribution in [1.29, 1.82) is 0 Å². The lowest BCUT2D eigenvalue weighted by atomic mass is 10.2. The maximum Gasteiger partial charge on any atom is 0.340 e. The number of fused-ring (bicyclic) bond motifs is 1. The standard InChI is InChI=1S/C16H18N2O4/c1-11-9-18(6-7-21-11)15(19)10-22-16(20)13-8-17-14-5-3-2-4-12(13)14/h2-5,8,11,17H,6-7,9-10H2,1H3. The summed E-state index contributed by atoms with van der Waals surface area (Å²) in [6.45, 7) is 3.25. The minimum Gasteiger partial charge on any atom is -0.452 e. The van der Waals surface area contributed by atoms with Crippen LogP contribution in [0.3, 0.4) is 0 Å². The number of nitrogens with one attached hydrogen (secondary N) is 1. The van der Waals surface area contributed by atoms with Crippen molar-refractivity contribution in [2.24, 2.45) is 0 Å². The number of amides is 1. The number of ether oxygens (including phenoxy) is 2. The van der Waals surface area contributed by atoms with E-state index in [1.807, 2.05) is 31.2 Å². The van der Waals surface area contributed by atoms with Gasteiger partial charge < -0.3 is 19.4 Å². The van der Waals surface area contributed by atoms with E-state index in [1.165, 1.54) is 0 Å². The monoisotopic (exact) mass is 302 g/mol. The van der Waals surface area contributed by atoms with E-state index in [9.17, 15) is 9.59 Å². The van der Waals surface area contributed by atoms with Gasteiger partial charge in [0.15, 0.2) is 6.61 Å². The molecule has 1 aromatic carbocycles. The predicted octanol–water partition coefficient (Wildman–Crippen LogP) is 1.57. The molecule has 0 bridgehead atoms. The first-order valence-electron chi connectivity index (χ1n) is 7.28. The Labute approximate surface area is 128 Å². The molecule has 1 fully saturated rings. The normalized spacial score (nSPS) is 18.4. The molecule has 22 heavy (non-hydrogen) atoms. The molecule has 1 N–H and O–H groups in total. The van der Waals surface area contributed by atoms with Gasteiger partial charge in [0.25, 0.3) is 5.91 Å². The van der Waals surface area contributed by atoms with E-state index in [0.717, 1.165) is 10.9 Å². The molecule has 1 atom stereocenters. The summed E-state index contributed by atoms with van der Waals surface area (Å²) >= 11 is 0. The fraction of sp³-hybridized carbons (Fsp3) is 0.375. The lowest BCUT2D eigenvalue weighted by Gasteiger charge is -2.30. The molecule has 0 spiro atoms. The molecule has 0 aliphatic carbocycles. The molecule has 3 rings (SSSR count). The fourth-order valence-electron chi connectivity index (χ4n) is 2.58. The van der Waals surface area contributed by atoms with Crippen molar-refractivity contribution < 1.29 is 19.1 Å². The zero-order chi connectivity index (χ0) is 15.5. The molecule has 2 aromatic rings. The van der Waals surface area contributed by atoms with Gasteiger partial charge in [-0.3, -0.25) is 4.79 Å². The molecule has 0 radical (unpaired) electrons. The summed E-state index contributed by atoms with van der Waals surface area (Å²) < 4.78 is 10.5. The van der Waals surface area contributed by atoms with Crippen molar-refractivity contribution in [3.63, 3.8) is 0 Å². The molecule has 116 valence electrons. The number of hydrogen-bond acceptors (Lipinski definition) is 4. The lowest BCUT2D eigenvalue weighted by Crippen LogP contribution is -2.46. The number of morpholine rings is 1. The number of nitrogens with zero attached hydrogens (tertiary/aromatic N) is 1. The summed E-state index contributed by atoms with van der Waals surface area (Å²) in [5, 5.41) is 0.792. The number of aromatic amines is 1. The van der Waals surface area contributed by atoms with Gasteiger partial charge in [-0.15, -0.1) is 0 Å². The van der Waals surface area contributed by atoms with Gasteiger partial charge in [-0.05, 0) is 13.0 Å². The van der Waals surface area contributed by atoms with Crippen LogP contribution in [0.15, 0.2) is 30.5 Å². The van der Waals surface area contributed by atoms with Crippen molar-refractivity contribution in [2.45, 2.75) is 13.0 Å². The highest BCUT2D eigenvalue weighted by Crippen LogP contribution is 2.18. The molecular formula is C16H18N2O4. The molecule has 2 heterocycles. The number of rotatable bonds is 3. The zero-order valence-electron chi connectivity index (χ0n) is 12.4. The van der Waals surface area contributed by atoms with Gasteiger partial charge in [0.05, 0.1) is 18.3 Å². The van der Waals surface area contributed by atoms with Crippen molar-refractivity contribution in [3.8, 4) is 0 Å². The fourth-order valence-corrected chi connectivity index (χ4v) is 2.58. The smallest absolute Gasteiger partial charge is 0.340 e. The van der Waals surface area contributed by atoms with Crippen LogP contribution in [0.5, 0.6) is 0 Å². The van der Waals surface area contributed by atoms with Crippen LogP contribution in [0.2, 0.25) is 0 Å². The number of aromatic nitrogens is 1. The highest BCUT2D eigenvalue weighted by atomic mass is 16.5. The van der Waals surface area contributed by atoms with Crippen molar-refractivity contribution in [3.05, 3.63) is 36.0 Å². The van der Waals surface area contributed by atoms with Gasteiger partial charge in [0.1, 0.15) is 0 Å². The molecule has 1 aliphatic heterocycles. The van der Waals surface area contributed by atoms with Crippen molar-refractivity contribution >= 4 is 22.8 Å². The summed E-state index contributed by atoms with van der Waals surface area (Å²) in [4.78, 5) is 28.9. The Balaban J connectivity index is 1.61. The van der Waals surface area contributed by atoms with Crippen LogP contribution in [0.1, 0.15) is 17.3 Å². The first-order valence-corrected chi connectivity index (χ1v) is 7.28. The Morgan fingerprint density at radius 3 is 3.05 bits per heavy atom. The third-order valence-electron chi connectivity index (χ3n) is 3.73. The number of carbonyl (C=O) groups excluding carboxylic acids is 2. The van der Waals surface area contributed by atoms with Crippen molar-refractivity contribution in [2.75, 3.05) is 26.3 Å². The Hall–Kier alpha value is -2.34. The van der Waals surface area contributed by atoms with Gasteiger partial charge >= 0.3 is 5.97 Å². The van der Waals surface area contributed by atoms with Gasteiger partial charge in [0.2, 0.25) is 0 Å². The van der Waals surface area contributed by atoms with Crippen LogP contribution >= 0.6 is 0 Å². The van der Waals surface area contributed by atoms with Crippen molar-refractivity contribution in [1.82, 2.24) is 9.88 Å². The van der Waals surface area contributed by atoms with Gasteiger partial charge in [-0.2, -0.15) is 0 Å². The van der Waals surface area contributed by atoms with Crippen LogP contribution in [0, 0.1) is 0 Å². The number of benzene rings is 1. The topological polar surface area (TPSA) is 71.6 Å². The van der Waals surface area contributed by atoms with Gasteiger partial charge in [0, 0.05) is 30.2 Å². The minimum atomic E-state index is -0.493. The SMILES string of the molecule is CC1CN(C(=O)COC(=O)c2c[nH]c3ccccc23)CCO1. The summed E-state index contributed by atoms with van der Waals surface area (Å²) in [6, 6.07) is 7.46. The predicted molar refractivity (Wildman–Crippen MR) is 80.6 cm³/mol. The Kier molecular flexibility index (Phi) is 4.11. The summed E-state index contributed by atoms with van der Waals surface area (Å²) in [6.07, 6.45) is 1.62. The number of para-hydroxylation sites is 1. The summed E-state index contributed by atoms with van der Waals surface area (Å²) in [5.41, 5.74) is 1.31. The van der Waals surface area contributed by atoms with Gasteiger partial charge in [-0.1, -0.05) is 18.2 Å². The van der Waals surface area contributed by atoms with Gasteiger partial charge in [-0.25, -0.2) is 4.79 Å². The van der Waals surface area contributed by atoms with Crippen LogP contribution in [0.25, 0.3) is 10.9 Å². The summed E-state index contributed by atoms with van der Waals surface area (Å²) in [5.74, 6) is -0.685. The third kappa shape index (κ3) is 2.96. The first-order chi connectivity index (χ1) is 10.6. The van der Waals surface area contributed by atoms with E-state index in [1.54, 1.807) is 11.1 Å². The van der Waals surface area contributed by atoms with E-state index in [2.05, 4.69) is 4.98 Å². The average Bonchev–Trinajstić information content (AvgIpc) is 2.96. The second-order valence-corrected chi connectivity index (χ2v) is 5.35. The maximum atomic E-state index is 12.1. The molecule has 6 nitrogen and oxygen atoms in total. The molecule has 1 unspecified atom stereocenters. The molecule has 6 heteroatoms. The van der Waals surface area contributed by atoms with E-state index >= 15 is 0 Å². The number of carbonyl (C=O) groups is 2. The van der Waals surface area contributed by atoms with E-state index in [-0.39, 0.29) is 18.6 Å². The first kappa shape index (κ1) is 14.6. The Morgan fingerprint density at radius 1 is 1.41 bits per heavy atom. The van der Waals surface area contributed by atoms with Crippen LogP contribution in [0.4, 0.5) is 0 Å². The summed E-state index contributed by atoms with van der Waals surface area (Å²) in [7, 11) is 0. The lowest BCUT2D eigenvalue weighted by molar-refractivity contribution is -0.141. The molecule has 1 aliphatic rings. The molecule has 1 saturated heterocycles. The highest BCUT2D eigenvalue weighted by molar-refractivity contribution is 6.04. The van der Waals surface area contributed by atoms with E-state index in [0.29, 0.717) is 25.3 Å². The minimum absolute atomic E-state index is 0.0158. The van der Waals surface area contributed by atoms with Crippen LogP contribution in [-0.4, -0.2) is 54.2 Å². The van der Waals surface area contributed by atoms with Crippen LogP contribution in [-0.2, 0) is 14.3 Å². The molecule has 0 saturated carbocycles. The average molecular weight is 302 g/mol. The number of hydrogen-bond donors (Lipinski definition) is 1. The third-order valence-corrected chi connectivity index (χ3v) is 3.73. The van der Waals surface area contributed by atoms with E-state index < -0.39 is 5.97 Å². The second-order valence-electron chi connectivity index (χ2n) is 5.35. The highest BCUT2D eigenvalue weighted by Gasteiger charge is 2.23. The molecule has 1 amide bonds. The van der Waals surface area contributed by atoms with E-state index in [4.69, 9.17) is 9.47 Å².